The van der Waals surface area contributed by atoms with Crippen molar-refractivity contribution in [3.63, 3.8) is 0 Å². The highest BCUT2D eigenvalue weighted by molar-refractivity contribution is 5.19. The normalized spacial score (nSPS) is 66.0. The van der Waals surface area contributed by atoms with Crippen LogP contribution in [0, 0.1) is 11.8 Å². The lowest BCUT2D eigenvalue weighted by molar-refractivity contribution is 0.225. The molecule has 4 bridgehead atoms. The van der Waals surface area contributed by atoms with E-state index in [2.05, 4.69) is 0 Å². The molecule has 4 fully saturated rings. The molecular formula is C9H16N2. The second kappa shape index (κ2) is 1.50. The first kappa shape index (κ1) is 6.44. The van der Waals surface area contributed by atoms with E-state index < -0.39 is 0 Å². The lowest BCUT2D eigenvalue weighted by atomic mass is 9.76. The van der Waals surface area contributed by atoms with Crippen LogP contribution in [0.3, 0.4) is 0 Å². The molecule has 0 aliphatic heterocycles. The average Bonchev–Trinajstić information content (AvgIpc) is 2.09. The van der Waals surface area contributed by atoms with Crippen molar-refractivity contribution in [3.8, 4) is 0 Å². The van der Waals surface area contributed by atoms with E-state index in [1.807, 2.05) is 0 Å². The Morgan fingerprint density at radius 2 is 1.91 bits per heavy atom. The van der Waals surface area contributed by atoms with E-state index in [1.165, 1.54) is 25.7 Å². The maximum absolute atomic E-state index is 6.29. The fraction of sp³-hybridized carbons (Fsp3) is 1.00. The van der Waals surface area contributed by atoms with Crippen LogP contribution in [0.5, 0.6) is 0 Å². The summed E-state index contributed by atoms with van der Waals surface area (Å²) in [6.45, 7) is 0. The van der Waals surface area contributed by atoms with Crippen LogP contribution in [-0.2, 0) is 0 Å². The number of nitrogens with two attached hydrogens (primary N) is 2. The summed E-state index contributed by atoms with van der Waals surface area (Å²) in [7, 11) is 0. The van der Waals surface area contributed by atoms with Gasteiger partial charge >= 0.3 is 0 Å². The first-order chi connectivity index (χ1) is 5.10. The van der Waals surface area contributed by atoms with Crippen LogP contribution in [-0.4, -0.2) is 11.1 Å². The van der Waals surface area contributed by atoms with Crippen LogP contribution >= 0.6 is 0 Å². The van der Waals surface area contributed by atoms with E-state index in [0.29, 0.717) is 0 Å². The van der Waals surface area contributed by atoms with Crippen molar-refractivity contribution in [2.24, 2.45) is 23.3 Å². The summed E-state index contributed by atoms with van der Waals surface area (Å²) in [5.41, 5.74) is 12.8. The van der Waals surface area contributed by atoms with Crippen molar-refractivity contribution < 1.29 is 0 Å². The van der Waals surface area contributed by atoms with E-state index >= 15 is 0 Å². The third kappa shape index (κ3) is 0.651. The van der Waals surface area contributed by atoms with Crippen molar-refractivity contribution in [1.82, 2.24) is 0 Å². The molecule has 0 amide bonds. The molecule has 0 spiro atoms. The van der Waals surface area contributed by atoms with Crippen molar-refractivity contribution in [3.05, 3.63) is 0 Å². The molecule has 4 aliphatic carbocycles. The Morgan fingerprint density at radius 1 is 1.09 bits per heavy atom. The number of hydrogen-bond acceptors (Lipinski definition) is 2. The third-order valence-electron chi connectivity index (χ3n) is 4.13. The SMILES string of the molecule is N[C@@]12CC3CC(C1)[C@@](N)(C3)C2. The predicted octanol–water partition coefficient (Wildman–Crippen LogP) is 0.605. The van der Waals surface area contributed by atoms with Gasteiger partial charge in [0.15, 0.2) is 0 Å². The van der Waals surface area contributed by atoms with Crippen LogP contribution in [0.25, 0.3) is 0 Å². The molecule has 11 heavy (non-hydrogen) atoms. The Bertz CT molecular complexity index is 214. The molecular weight excluding hydrogens is 136 g/mol. The molecule has 0 heterocycles. The van der Waals surface area contributed by atoms with Gasteiger partial charge in [-0.2, -0.15) is 0 Å². The molecule has 0 radical (unpaired) electrons. The van der Waals surface area contributed by atoms with E-state index in [1.54, 1.807) is 0 Å². The van der Waals surface area contributed by atoms with E-state index in [-0.39, 0.29) is 11.1 Å². The van der Waals surface area contributed by atoms with Gasteiger partial charge in [0.2, 0.25) is 0 Å². The molecule has 2 heteroatoms. The Balaban J connectivity index is 2.06. The largest absolute Gasteiger partial charge is 0.325 e. The zero-order valence-corrected chi connectivity index (χ0v) is 6.84. The number of hydrogen-bond donors (Lipinski definition) is 2. The van der Waals surface area contributed by atoms with Gasteiger partial charge < -0.3 is 11.5 Å². The Labute approximate surface area is 67.3 Å². The zero-order chi connectivity index (χ0) is 7.69. The maximum atomic E-state index is 6.29. The number of rotatable bonds is 0. The second-order valence-corrected chi connectivity index (χ2v) is 5.18. The molecule has 0 saturated heterocycles. The van der Waals surface area contributed by atoms with Crippen LogP contribution in [0.15, 0.2) is 0 Å². The van der Waals surface area contributed by atoms with Crippen LogP contribution in [0.4, 0.5) is 0 Å². The highest BCUT2D eigenvalue weighted by Gasteiger charge is 2.60. The topological polar surface area (TPSA) is 52.0 Å². The predicted molar refractivity (Wildman–Crippen MR) is 43.9 cm³/mol. The molecule has 4 saturated carbocycles. The van der Waals surface area contributed by atoms with Crippen molar-refractivity contribution >= 4 is 0 Å². The van der Waals surface area contributed by atoms with Crippen molar-refractivity contribution in [1.29, 1.82) is 0 Å². The van der Waals surface area contributed by atoms with Crippen LogP contribution in [0.1, 0.15) is 32.1 Å². The van der Waals surface area contributed by atoms with Gasteiger partial charge in [0.25, 0.3) is 0 Å². The summed E-state index contributed by atoms with van der Waals surface area (Å²) in [4.78, 5) is 0. The smallest absolute Gasteiger partial charge is 0.0203 e. The van der Waals surface area contributed by atoms with Crippen molar-refractivity contribution in [2.75, 3.05) is 0 Å². The average molecular weight is 152 g/mol. The Kier molecular flexibility index (Phi) is 0.879. The van der Waals surface area contributed by atoms with E-state index in [4.69, 9.17) is 11.5 Å². The lowest BCUT2D eigenvalue weighted by Gasteiger charge is -2.36. The summed E-state index contributed by atoms with van der Waals surface area (Å²) >= 11 is 0. The Hall–Kier alpha value is -0.0800. The van der Waals surface area contributed by atoms with Gasteiger partial charge in [-0.15, -0.1) is 0 Å². The first-order valence-electron chi connectivity index (χ1n) is 4.68. The van der Waals surface area contributed by atoms with Crippen LogP contribution < -0.4 is 11.5 Å². The van der Waals surface area contributed by atoms with E-state index in [9.17, 15) is 0 Å². The monoisotopic (exact) mass is 152 g/mol. The van der Waals surface area contributed by atoms with Gasteiger partial charge in [-0.1, -0.05) is 0 Å². The lowest BCUT2D eigenvalue weighted by Crippen LogP contribution is -2.48. The molecule has 0 aromatic heterocycles. The quantitative estimate of drug-likeness (QED) is 0.534. The molecule has 4 rings (SSSR count). The first-order valence-corrected chi connectivity index (χ1v) is 4.68. The maximum Gasteiger partial charge on any atom is 0.0203 e. The third-order valence-corrected chi connectivity index (χ3v) is 4.13. The van der Waals surface area contributed by atoms with Gasteiger partial charge in [-0.05, 0) is 43.9 Å². The molecule has 4 N–H and O–H groups in total. The van der Waals surface area contributed by atoms with Crippen LogP contribution in [0.2, 0.25) is 0 Å². The minimum atomic E-state index is 0.153. The summed E-state index contributed by atoms with van der Waals surface area (Å²) < 4.78 is 0. The summed E-state index contributed by atoms with van der Waals surface area (Å²) in [5, 5.41) is 0. The van der Waals surface area contributed by atoms with Gasteiger partial charge in [0.05, 0.1) is 0 Å². The molecule has 4 aliphatic rings. The fourth-order valence-electron chi connectivity index (χ4n) is 4.03. The zero-order valence-electron chi connectivity index (χ0n) is 6.84. The second-order valence-electron chi connectivity index (χ2n) is 5.18. The van der Waals surface area contributed by atoms with Gasteiger partial charge in [-0.25, -0.2) is 0 Å². The molecule has 2 unspecified atom stereocenters. The highest BCUT2D eigenvalue weighted by atomic mass is 14.9. The van der Waals surface area contributed by atoms with Crippen molar-refractivity contribution in [2.45, 2.75) is 43.2 Å². The standard InChI is InChI=1S/C9H16N2/c10-8-2-6-1-7(4-8)9(11,3-6)5-8/h6-7H,1-5,10-11H2/t6?,7?,8-,9+/m0/s1. The molecule has 0 aromatic carbocycles. The van der Waals surface area contributed by atoms with Gasteiger partial charge in [0, 0.05) is 11.1 Å². The van der Waals surface area contributed by atoms with E-state index in [0.717, 1.165) is 18.3 Å². The summed E-state index contributed by atoms with van der Waals surface area (Å²) in [6.07, 6.45) is 6.19. The molecule has 62 valence electrons. The minimum Gasteiger partial charge on any atom is -0.325 e. The van der Waals surface area contributed by atoms with Gasteiger partial charge in [-0.3, -0.25) is 0 Å². The highest BCUT2D eigenvalue weighted by Crippen LogP contribution is 2.59. The Morgan fingerprint density at radius 3 is 2.45 bits per heavy atom. The molecule has 4 atom stereocenters. The molecule has 0 aromatic rings. The molecule has 2 nitrogen and oxygen atoms in total. The summed E-state index contributed by atoms with van der Waals surface area (Å²) in [6, 6.07) is 0. The van der Waals surface area contributed by atoms with Gasteiger partial charge in [0.1, 0.15) is 0 Å². The minimum absolute atomic E-state index is 0.153. The summed E-state index contributed by atoms with van der Waals surface area (Å²) in [5.74, 6) is 1.64. The fourth-order valence-corrected chi connectivity index (χ4v) is 4.03.